The molecule has 1 aromatic carbocycles. The van der Waals surface area contributed by atoms with E-state index in [0.717, 1.165) is 25.3 Å². The van der Waals surface area contributed by atoms with E-state index in [2.05, 4.69) is 17.0 Å². The van der Waals surface area contributed by atoms with Crippen LogP contribution < -0.4 is 4.74 Å². The molecule has 1 aromatic rings. The van der Waals surface area contributed by atoms with E-state index in [1.807, 2.05) is 12.1 Å². The average molecular weight is 247 g/mol. The Morgan fingerprint density at radius 1 is 1.28 bits per heavy atom. The van der Waals surface area contributed by atoms with Crippen LogP contribution in [0.4, 0.5) is 0 Å². The fourth-order valence-corrected chi connectivity index (χ4v) is 3.34. The van der Waals surface area contributed by atoms with E-state index in [1.165, 1.54) is 18.4 Å². The monoisotopic (exact) mass is 247 g/mol. The van der Waals surface area contributed by atoms with E-state index in [1.54, 1.807) is 7.11 Å². The van der Waals surface area contributed by atoms with Crippen molar-refractivity contribution >= 4 is 0 Å². The van der Waals surface area contributed by atoms with Crippen LogP contribution in [0, 0.1) is 5.92 Å². The molecule has 3 unspecified atom stereocenters. The third-order valence-electron chi connectivity index (χ3n) is 4.46. The second-order valence-corrected chi connectivity index (χ2v) is 5.57. The number of piperidine rings is 2. The molecular weight excluding hydrogens is 226 g/mol. The molecule has 1 aliphatic carbocycles. The number of methoxy groups -OCH3 is 1. The zero-order chi connectivity index (χ0) is 12.5. The molecule has 3 heteroatoms. The van der Waals surface area contributed by atoms with Gasteiger partial charge in [-0.15, -0.1) is 0 Å². The highest BCUT2D eigenvalue weighted by atomic mass is 16.5. The molecule has 2 aliphatic heterocycles. The smallest absolute Gasteiger partial charge is 0.118 e. The van der Waals surface area contributed by atoms with Crippen LogP contribution in [-0.4, -0.2) is 35.8 Å². The maximum atomic E-state index is 9.91. The van der Waals surface area contributed by atoms with Gasteiger partial charge in [-0.3, -0.25) is 4.90 Å². The summed E-state index contributed by atoms with van der Waals surface area (Å²) in [6.45, 7) is 2.05. The zero-order valence-electron chi connectivity index (χ0n) is 10.9. The first-order chi connectivity index (χ1) is 8.76. The number of hydrogen-bond acceptors (Lipinski definition) is 3. The number of aliphatic hydroxyl groups excluding tert-OH is 1. The van der Waals surface area contributed by atoms with E-state index in [0.29, 0.717) is 12.0 Å². The molecule has 3 atom stereocenters. The number of benzene rings is 1. The second-order valence-electron chi connectivity index (χ2n) is 5.57. The summed E-state index contributed by atoms with van der Waals surface area (Å²) in [4.78, 5) is 2.53. The molecule has 0 amide bonds. The van der Waals surface area contributed by atoms with Gasteiger partial charge in [-0.25, -0.2) is 0 Å². The van der Waals surface area contributed by atoms with Crippen molar-refractivity contribution in [3.05, 3.63) is 29.8 Å². The summed E-state index contributed by atoms with van der Waals surface area (Å²) in [5.74, 6) is 1.41. The number of hydrogen-bond donors (Lipinski definition) is 1. The van der Waals surface area contributed by atoms with Crippen molar-refractivity contribution in [1.82, 2.24) is 4.90 Å². The minimum atomic E-state index is -0.0594. The van der Waals surface area contributed by atoms with E-state index < -0.39 is 0 Å². The molecule has 3 fully saturated rings. The van der Waals surface area contributed by atoms with Crippen LogP contribution in [-0.2, 0) is 6.54 Å². The van der Waals surface area contributed by atoms with Gasteiger partial charge in [-0.1, -0.05) is 12.1 Å². The van der Waals surface area contributed by atoms with Crippen LogP contribution in [0.15, 0.2) is 24.3 Å². The quantitative estimate of drug-likeness (QED) is 0.887. The fourth-order valence-electron chi connectivity index (χ4n) is 3.34. The molecule has 98 valence electrons. The minimum Gasteiger partial charge on any atom is -0.497 e. The predicted octanol–water partition coefficient (Wildman–Crippen LogP) is 2.04. The molecule has 0 radical (unpaired) electrons. The van der Waals surface area contributed by atoms with Gasteiger partial charge in [-0.2, -0.15) is 0 Å². The molecule has 1 N–H and O–H groups in total. The van der Waals surface area contributed by atoms with Gasteiger partial charge in [0.25, 0.3) is 0 Å². The third kappa shape index (κ3) is 2.25. The molecule has 3 nitrogen and oxygen atoms in total. The molecule has 0 aromatic heterocycles. The predicted molar refractivity (Wildman–Crippen MR) is 70.5 cm³/mol. The molecule has 4 rings (SSSR count). The van der Waals surface area contributed by atoms with Gasteiger partial charge in [0.2, 0.25) is 0 Å². The molecular formula is C15H21NO2. The van der Waals surface area contributed by atoms with Gasteiger partial charge in [0.05, 0.1) is 13.2 Å². The zero-order valence-corrected chi connectivity index (χ0v) is 10.9. The second kappa shape index (κ2) is 4.90. The molecule has 2 bridgehead atoms. The maximum absolute atomic E-state index is 9.91. The molecule has 2 heterocycles. The Morgan fingerprint density at radius 3 is 2.61 bits per heavy atom. The van der Waals surface area contributed by atoms with Crippen molar-refractivity contribution in [1.29, 1.82) is 0 Å². The number of fused-ring (bicyclic) bond motifs is 3. The minimum absolute atomic E-state index is 0.0594. The molecule has 2 saturated heterocycles. The van der Waals surface area contributed by atoms with E-state index in [4.69, 9.17) is 4.74 Å². The Balaban J connectivity index is 1.66. The third-order valence-corrected chi connectivity index (χ3v) is 4.46. The van der Waals surface area contributed by atoms with Crippen LogP contribution >= 0.6 is 0 Å². The van der Waals surface area contributed by atoms with Crippen LogP contribution in [0.25, 0.3) is 0 Å². The van der Waals surface area contributed by atoms with Crippen molar-refractivity contribution in [3.63, 3.8) is 0 Å². The highest BCUT2D eigenvalue weighted by molar-refractivity contribution is 5.27. The summed E-state index contributed by atoms with van der Waals surface area (Å²) in [5.41, 5.74) is 1.33. The highest BCUT2D eigenvalue weighted by Crippen LogP contribution is 2.36. The molecule has 0 spiro atoms. The van der Waals surface area contributed by atoms with Crippen LogP contribution in [0.3, 0.4) is 0 Å². The SMILES string of the molecule is COc1ccc(CN2CC3CCC2CC3O)cc1. The lowest BCUT2D eigenvalue weighted by Gasteiger charge is -2.48. The Kier molecular flexibility index (Phi) is 3.27. The lowest BCUT2D eigenvalue weighted by atomic mass is 9.77. The first-order valence-electron chi connectivity index (χ1n) is 6.81. The van der Waals surface area contributed by atoms with Gasteiger partial charge < -0.3 is 9.84 Å². The number of ether oxygens (including phenoxy) is 1. The summed E-state index contributed by atoms with van der Waals surface area (Å²) < 4.78 is 5.18. The summed E-state index contributed by atoms with van der Waals surface area (Å²) in [6.07, 6.45) is 3.35. The molecule has 1 saturated carbocycles. The first kappa shape index (κ1) is 12.0. The van der Waals surface area contributed by atoms with Crippen molar-refractivity contribution in [2.24, 2.45) is 5.92 Å². The summed E-state index contributed by atoms with van der Waals surface area (Å²) >= 11 is 0. The number of aliphatic hydroxyl groups is 1. The lowest BCUT2D eigenvalue weighted by molar-refractivity contribution is -0.0527. The Hall–Kier alpha value is -1.06. The van der Waals surface area contributed by atoms with Crippen LogP contribution in [0.5, 0.6) is 5.75 Å². The van der Waals surface area contributed by atoms with Gasteiger partial charge in [0.1, 0.15) is 5.75 Å². The topological polar surface area (TPSA) is 32.7 Å². The normalized spacial score (nSPS) is 31.6. The van der Waals surface area contributed by atoms with Crippen molar-refractivity contribution < 1.29 is 9.84 Å². The number of rotatable bonds is 3. The molecule has 3 aliphatic rings. The number of nitrogens with zero attached hydrogens (tertiary/aromatic N) is 1. The maximum Gasteiger partial charge on any atom is 0.118 e. The Bertz CT molecular complexity index is 403. The van der Waals surface area contributed by atoms with Gasteiger partial charge >= 0.3 is 0 Å². The van der Waals surface area contributed by atoms with E-state index >= 15 is 0 Å². The largest absolute Gasteiger partial charge is 0.497 e. The fraction of sp³-hybridized carbons (Fsp3) is 0.600. The van der Waals surface area contributed by atoms with Crippen molar-refractivity contribution in [3.8, 4) is 5.75 Å². The highest BCUT2D eigenvalue weighted by Gasteiger charge is 2.39. The molecule has 18 heavy (non-hydrogen) atoms. The Morgan fingerprint density at radius 2 is 2.06 bits per heavy atom. The Labute approximate surface area is 108 Å². The van der Waals surface area contributed by atoms with Crippen LogP contribution in [0.1, 0.15) is 24.8 Å². The summed E-state index contributed by atoms with van der Waals surface area (Å²) in [6, 6.07) is 8.89. The van der Waals surface area contributed by atoms with Crippen molar-refractivity contribution in [2.45, 2.75) is 38.0 Å². The lowest BCUT2D eigenvalue weighted by Crippen LogP contribution is -2.53. The van der Waals surface area contributed by atoms with Gasteiger partial charge in [0.15, 0.2) is 0 Å². The standard InChI is InChI=1S/C15H21NO2/c1-18-14-6-2-11(3-7-14)9-16-10-12-4-5-13(16)8-15(12)17/h2-3,6-7,12-13,15,17H,4-5,8-10H2,1H3. The van der Waals surface area contributed by atoms with E-state index in [-0.39, 0.29) is 6.10 Å². The van der Waals surface area contributed by atoms with Gasteiger partial charge in [-0.05, 0) is 42.9 Å². The van der Waals surface area contributed by atoms with E-state index in [9.17, 15) is 5.11 Å². The van der Waals surface area contributed by atoms with Gasteiger partial charge in [0, 0.05) is 19.1 Å². The average Bonchev–Trinajstić information content (AvgIpc) is 2.41. The van der Waals surface area contributed by atoms with Crippen LogP contribution in [0.2, 0.25) is 0 Å². The first-order valence-corrected chi connectivity index (χ1v) is 6.81. The summed E-state index contributed by atoms with van der Waals surface area (Å²) in [5, 5.41) is 9.91. The summed E-state index contributed by atoms with van der Waals surface area (Å²) in [7, 11) is 1.69. The van der Waals surface area contributed by atoms with Crippen molar-refractivity contribution in [2.75, 3.05) is 13.7 Å².